The first kappa shape index (κ1) is 30.0. The van der Waals surface area contributed by atoms with Gasteiger partial charge in [0.2, 0.25) is 0 Å². The van der Waals surface area contributed by atoms with Gasteiger partial charge in [0.1, 0.15) is 37.1 Å². The van der Waals surface area contributed by atoms with Crippen LogP contribution in [0.15, 0.2) is 78.9 Å². The van der Waals surface area contributed by atoms with Gasteiger partial charge in [0.25, 0.3) is 0 Å². The van der Waals surface area contributed by atoms with Gasteiger partial charge >= 0.3 is 5.97 Å². The van der Waals surface area contributed by atoms with Gasteiger partial charge in [-0.25, -0.2) is 4.79 Å². The SMILES string of the molecule is C=C(C)C(=O)OC(COCCC(CC)CCC)COc1ccc(OCCOc2ccccc2)c2ccccc12. The lowest BCUT2D eigenvalue weighted by molar-refractivity contribution is -0.149. The number of carbonyl (C=O) groups excluding carboxylic acids is 1. The van der Waals surface area contributed by atoms with Crippen LogP contribution in [0.2, 0.25) is 0 Å². The summed E-state index contributed by atoms with van der Waals surface area (Å²) in [4.78, 5) is 12.3. The van der Waals surface area contributed by atoms with Crippen LogP contribution in [0, 0.1) is 5.92 Å². The van der Waals surface area contributed by atoms with Gasteiger partial charge in [0.15, 0.2) is 6.10 Å². The molecule has 2 atom stereocenters. The Bertz CT molecular complexity index is 1160. The largest absolute Gasteiger partial charge is 0.490 e. The highest BCUT2D eigenvalue weighted by atomic mass is 16.6. The summed E-state index contributed by atoms with van der Waals surface area (Å²) < 4.78 is 29.5. The van der Waals surface area contributed by atoms with Gasteiger partial charge < -0.3 is 23.7 Å². The van der Waals surface area contributed by atoms with Crippen molar-refractivity contribution in [1.82, 2.24) is 0 Å². The fourth-order valence-corrected chi connectivity index (χ4v) is 4.30. The highest BCUT2D eigenvalue weighted by Crippen LogP contribution is 2.33. The second-order valence-corrected chi connectivity index (χ2v) is 9.66. The van der Waals surface area contributed by atoms with Crippen LogP contribution >= 0.6 is 0 Å². The molecule has 3 aromatic rings. The second kappa shape index (κ2) is 16.5. The molecule has 0 aliphatic heterocycles. The molecule has 0 spiro atoms. The summed E-state index contributed by atoms with van der Waals surface area (Å²) in [6.45, 7) is 11.7. The van der Waals surface area contributed by atoms with Crippen LogP contribution in [-0.2, 0) is 14.3 Å². The lowest BCUT2D eigenvalue weighted by Gasteiger charge is -2.21. The number of carbonyl (C=O) groups is 1. The average Bonchev–Trinajstić information content (AvgIpc) is 2.96. The van der Waals surface area contributed by atoms with Gasteiger partial charge in [-0.2, -0.15) is 0 Å². The molecular formula is C33H42O6. The first-order chi connectivity index (χ1) is 19.0. The number of ether oxygens (including phenoxy) is 5. The van der Waals surface area contributed by atoms with Crippen molar-refractivity contribution in [3.05, 3.63) is 78.9 Å². The molecule has 0 aromatic heterocycles. The van der Waals surface area contributed by atoms with Gasteiger partial charge in [-0.05, 0) is 43.5 Å². The molecule has 0 N–H and O–H groups in total. The van der Waals surface area contributed by atoms with E-state index in [1.54, 1.807) is 6.92 Å². The smallest absolute Gasteiger partial charge is 0.333 e. The Labute approximate surface area is 232 Å². The van der Waals surface area contributed by atoms with Crippen LogP contribution in [0.3, 0.4) is 0 Å². The molecule has 6 heteroatoms. The third-order valence-electron chi connectivity index (χ3n) is 6.49. The van der Waals surface area contributed by atoms with E-state index >= 15 is 0 Å². The minimum atomic E-state index is -0.551. The van der Waals surface area contributed by atoms with E-state index in [1.807, 2.05) is 66.7 Å². The summed E-state index contributed by atoms with van der Waals surface area (Å²) in [6.07, 6.45) is 3.95. The standard InChI is InChI=1S/C33H42O6/c1-5-12-26(6-2)19-20-35-23-28(39-33(34)25(3)4)24-38-32-18-17-31(29-15-10-11-16-30(29)32)37-22-21-36-27-13-8-7-9-14-27/h7-11,13-18,26,28H,3,5-6,12,19-24H2,1-2,4H3. The number of rotatable bonds is 18. The fraction of sp³-hybridized carbons (Fsp3) is 0.424. The van der Waals surface area contributed by atoms with Crippen molar-refractivity contribution in [3.63, 3.8) is 0 Å². The van der Waals surface area contributed by atoms with E-state index in [-0.39, 0.29) is 13.2 Å². The topological polar surface area (TPSA) is 63.2 Å². The van der Waals surface area contributed by atoms with E-state index in [1.165, 1.54) is 12.8 Å². The molecule has 0 radical (unpaired) electrons. The summed E-state index contributed by atoms with van der Waals surface area (Å²) in [5.41, 5.74) is 0.345. The molecule has 0 bridgehead atoms. The minimum absolute atomic E-state index is 0.167. The van der Waals surface area contributed by atoms with Crippen LogP contribution in [0.4, 0.5) is 0 Å². The quantitative estimate of drug-likeness (QED) is 0.0963. The van der Waals surface area contributed by atoms with E-state index in [0.29, 0.717) is 37.1 Å². The van der Waals surface area contributed by atoms with E-state index < -0.39 is 12.1 Å². The minimum Gasteiger partial charge on any atom is -0.490 e. The van der Waals surface area contributed by atoms with Crippen molar-refractivity contribution >= 4 is 16.7 Å². The molecule has 3 aromatic carbocycles. The number of para-hydroxylation sites is 1. The Morgan fingerprint density at radius 2 is 1.41 bits per heavy atom. The molecule has 0 saturated carbocycles. The zero-order valence-corrected chi connectivity index (χ0v) is 23.5. The third-order valence-corrected chi connectivity index (χ3v) is 6.49. The van der Waals surface area contributed by atoms with Crippen molar-refractivity contribution in [3.8, 4) is 17.2 Å². The zero-order chi connectivity index (χ0) is 27.9. The Kier molecular flexibility index (Phi) is 12.7. The maximum Gasteiger partial charge on any atom is 0.333 e. The van der Waals surface area contributed by atoms with E-state index in [9.17, 15) is 4.79 Å². The summed E-state index contributed by atoms with van der Waals surface area (Å²) in [5.74, 6) is 2.45. The molecular weight excluding hydrogens is 492 g/mol. The van der Waals surface area contributed by atoms with E-state index in [4.69, 9.17) is 23.7 Å². The van der Waals surface area contributed by atoms with E-state index in [0.717, 1.165) is 35.1 Å². The number of benzene rings is 3. The predicted octanol–water partition coefficient (Wildman–Crippen LogP) is 7.40. The van der Waals surface area contributed by atoms with Gasteiger partial charge in [-0.3, -0.25) is 0 Å². The Balaban J connectivity index is 1.60. The Morgan fingerprint density at radius 3 is 2.05 bits per heavy atom. The zero-order valence-electron chi connectivity index (χ0n) is 23.5. The summed E-state index contributed by atoms with van der Waals surface area (Å²) in [5, 5.41) is 1.85. The van der Waals surface area contributed by atoms with Crippen LogP contribution in [-0.4, -0.2) is 45.1 Å². The monoisotopic (exact) mass is 534 g/mol. The average molecular weight is 535 g/mol. The highest BCUT2D eigenvalue weighted by Gasteiger charge is 2.18. The second-order valence-electron chi connectivity index (χ2n) is 9.66. The van der Waals surface area contributed by atoms with Crippen LogP contribution < -0.4 is 14.2 Å². The van der Waals surface area contributed by atoms with Gasteiger partial charge in [0, 0.05) is 23.0 Å². The molecule has 2 unspecified atom stereocenters. The summed E-state index contributed by atoms with van der Waals surface area (Å²) in [7, 11) is 0. The van der Waals surface area contributed by atoms with Crippen LogP contribution in [0.1, 0.15) is 46.5 Å². The van der Waals surface area contributed by atoms with Crippen LogP contribution in [0.25, 0.3) is 10.8 Å². The van der Waals surface area contributed by atoms with Gasteiger partial charge in [-0.15, -0.1) is 0 Å². The van der Waals surface area contributed by atoms with E-state index in [2.05, 4.69) is 20.4 Å². The number of esters is 1. The molecule has 39 heavy (non-hydrogen) atoms. The number of hydrogen-bond donors (Lipinski definition) is 0. The van der Waals surface area contributed by atoms with Crippen molar-refractivity contribution in [2.75, 3.05) is 33.0 Å². The molecule has 0 amide bonds. The predicted molar refractivity (Wildman–Crippen MR) is 156 cm³/mol. The maximum absolute atomic E-state index is 12.3. The molecule has 0 saturated heterocycles. The third kappa shape index (κ3) is 9.95. The first-order valence-corrected chi connectivity index (χ1v) is 13.9. The number of hydrogen-bond acceptors (Lipinski definition) is 6. The molecule has 6 nitrogen and oxygen atoms in total. The lowest BCUT2D eigenvalue weighted by Crippen LogP contribution is -2.30. The normalized spacial score (nSPS) is 12.5. The van der Waals surface area contributed by atoms with Crippen molar-refractivity contribution in [2.45, 2.75) is 52.6 Å². The van der Waals surface area contributed by atoms with Gasteiger partial charge in [-0.1, -0.05) is 82.2 Å². The van der Waals surface area contributed by atoms with Crippen molar-refractivity contribution < 1.29 is 28.5 Å². The lowest BCUT2D eigenvalue weighted by atomic mass is 9.98. The number of fused-ring (bicyclic) bond motifs is 1. The van der Waals surface area contributed by atoms with Crippen LogP contribution in [0.5, 0.6) is 17.2 Å². The fourth-order valence-electron chi connectivity index (χ4n) is 4.30. The molecule has 210 valence electrons. The molecule has 0 aliphatic carbocycles. The summed E-state index contributed by atoms with van der Waals surface area (Å²) >= 11 is 0. The van der Waals surface area contributed by atoms with Crippen molar-refractivity contribution in [1.29, 1.82) is 0 Å². The molecule has 0 aliphatic rings. The summed E-state index contributed by atoms with van der Waals surface area (Å²) in [6, 6.07) is 21.3. The Hall–Kier alpha value is -3.51. The highest BCUT2D eigenvalue weighted by molar-refractivity contribution is 5.93. The molecule has 3 rings (SSSR count). The molecule has 0 heterocycles. The first-order valence-electron chi connectivity index (χ1n) is 13.9. The maximum atomic E-state index is 12.3. The Morgan fingerprint density at radius 1 is 0.769 bits per heavy atom. The molecule has 0 fully saturated rings. The van der Waals surface area contributed by atoms with Gasteiger partial charge in [0.05, 0.1) is 6.61 Å². The van der Waals surface area contributed by atoms with Crippen molar-refractivity contribution in [2.24, 2.45) is 5.92 Å².